The fourth-order valence-corrected chi connectivity index (χ4v) is 4.09. The van der Waals surface area contributed by atoms with E-state index in [0.29, 0.717) is 5.69 Å². The van der Waals surface area contributed by atoms with E-state index in [0.717, 1.165) is 44.7 Å². The molecule has 0 fully saturated rings. The molecule has 5 rings (SSSR count). The molecule has 4 heteroatoms. The molecule has 4 nitrogen and oxygen atoms in total. The minimum Gasteiger partial charge on any atom is -0.320 e. The van der Waals surface area contributed by atoms with Crippen molar-refractivity contribution in [3.8, 4) is 16.9 Å². The average molecular weight is 432 g/mol. The molecule has 0 aliphatic rings. The minimum atomic E-state index is -0.224. The van der Waals surface area contributed by atoms with Gasteiger partial charge in [-0.05, 0) is 72.5 Å². The summed E-state index contributed by atoms with van der Waals surface area (Å²) in [6.45, 7) is 6.05. The Morgan fingerprint density at radius 1 is 0.758 bits per heavy atom. The first-order valence-electron chi connectivity index (χ1n) is 11.0. The van der Waals surface area contributed by atoms with Crippen LogP contribution in [0.3, 0.4) is 0 Å². The highest BCUT2D eigenvalue weighted by Crippen LogP contribution is 2.29. The minimum absolute atomic E-state index is 0.224. The van der Waals surface area contributed by atoms with E-state index in [4.69, 9.17) is 5.10 Å². The predicted molar refractivity (Wildman–Crippen MR) is 135 cm³/mol. The molecule has 0 aliphatic heterocycles. The van der Waals surface area contributed by atoms with Crippen molar-refractivity contribution in [3.05, 3.63) is 113 Å². The zero-order valence-electron chi connectivity index (χ0n) is 19.0. The first-order valence-corrected chi connectivity index (χ1v) is 11.0. The van der Waals surface area contributed by atoms with Crippen LogP contribution in [0.2, 0.25) is 0 Å². The molecular formula is C29H25N3O. The van der Waals surface area contributed by atoms with Crippen molar-refractivity contribution in [2.24, 2.45) is 0 Å². The van der Waals surface area contributed by atoms with E-state index in [2.05, 4.69) is 48.6 Å². The highest BCUT2D eigenvalue weighted by atomic mass is 16.2. The molecule has 0 saturated heterocycles. The van der Waals surface area contributed by atoms with Crippen molar-refractivity contribution in [2.75, 3.05) is 5.32 Å². The van der Waals surface area contributed by atoms with E-state index in [9.17, 15) is 4.79 Å². The second kappa shape index (κ2) is 8.40. The molecule has 0 atom stereocenters. The largest absolute Gasteiger partial charge is 0.320 e. The SMILES string of the molecule is Cc1ccc(C)c(NC(=O)c2cc(-c3ccc4ccccc4c3)n(-c3ccccc3C)n2)c1. The van der Waals surface area contributed by atoms with Gasteiger partial charge in [0, 0.05) is 11.3 Å². The van der Waals surface area contributed by atoms with Crippen molar-refractivity contribution in [2.45, 2.75) is 20.8 Å². The third-order valence-corrected chi connectivity index (χ3v) is 5.97. The molecule has 4 aromatic carbocycles. The number of hydrogen-bond acceptors (Lipinski definition) is 2. The lowest BCUT2D eigenvalue weighted by Gasteiger charge is -2.11. The summed E-state index contributed by atoms with van der Waals surface area (Å²) < 4.78 is 1.87. The highest BCUT2D eigenvalue weighted by Gasteiger charge is 2.18. The van der Waals surface area contributed by atoms with Gasteiger partial charge in [0.2, 0.25) is 0 Å². The van der Waals surface area contributed by atoms with E-state index < -0.39 is 0 Å². The molecule has 1 heterocycles. The molecule has 33 heavy (non-hydrogen) atoms. The molecule has 0 bridgehead atoms. The van der Waals surface area contributed by atoms with Gasteiger partial charge in [-0.25, -0.2) is 4.68 Å². The van der Waals surface area contributed by atoms with E-state index in [1.807, 2.05) is 73.1 Å². The smallest absolute Gasteiger partial charge is 0.276 e. The maximum atomic E-state index is 13.2. The Kier molecular flexibility index (Phi) is 5.27. The summed E-state index contributed by atoms with van der Waals surface area (Å²) in [5.74, 6) is -0.224. The summed E-state index contributed by atoms with van der Waals surface area (Å²) in [4.78, 5) is 13.2. The van der Waals surface area contributed by atoms with E-state index >= 15 is 0 Å². The van der Waals surface area contributed by atoms with Gasteiger partial charge in [-0.15, -0.1) is 0 Å². The molecular weight excluding hydrogens is 406 g/mol. The Morgan fingerprint density at radius 3 is 2.33 bits per heavy atom. The van der Waals surface area contributed by atoms with Gasteiger partial charge in [-0.3, -0.25) is 4.79 Å². The number of aryl methyl sites for hydroxylation is 3. The second-order valence-corrected chi connectivity index (χ2v) is 8.45. The molecule has 0 aliphatic carbocycles. The summed E-state index contributed by atoms with van der Waals surface area (Å²) >= 11 is 0. The number of amides is 1. The lowest BCUT2D eigenvalue weighted by Crippen LogP contribution is -2.14. The lowest BCUT2D eigenvalue weighted by atomic mass is 10.0. The van der Waals surface area contributed by atoms with Crippen LogP contribution in [0.25, 0.3) is 27.7 Å². The molecule has 5 aromatic rings. The van der Waals surface area contributed by atoms with Crippen LogP contribution in [-0.4, -0.2) is 15.7 Å². The van der Waals surface area contributed by atoms with Crippen molar-refractivity contribution >= 4 is 22.4 Å². The number of carbonyl (C=O) groups is 1. The molecule has 1 aromatic heterocycles. The molecule has 0 radical (unpaired) electrons. The Morgan fingerprint density at radius 2 is 1.52 bits per heavy atom. The van der Waals surface area contributed by atoms with Crippen LogP contribution in [0.15, 0.2) is 91.0 Å². The molecule has 0 spiro atoms. The third-order valence-electron chi connectivity index (χ3n) is 5.97. The number of carbonyl (C=O) groups excluding carboxylic acids is 1. The predicted octanol–water partition coefficient (Wildman–Crippen LogP) is 6.87. The number of benzene rings is 4. The second-order valence-electron chi connectivity index (χ2n) is 8.45. The van der Waals surface area contributed by atoms with Crippen LogP contribution in [-0.2, 0) is 0 Å². The number of anilines is 1. The summed E-state index contributed by atoms with van der Waals surface area (Å²) in [5, 5.41) is 10.1. The van der Waals surface area contributed by atoms with Gasteiger partial charge >= 0.3 is 0 Å². The van der Waals surface area contributed by atoms with Crippen LogP contribution < -0.4 is 5.32 Å². The lowest BCUT2D eigenvalue weighted by molar-refractivity contribution is 0.102. The monoisotopic (exact) mass is 431 g/mol. The highest BCUT2D eigenvalue weighted by molar-refractivity contribution is 6.04. The van der Waals surface area contributed by atoms with Gasteiger partial charge in [0.15, 0.2) is 5.69 Å². The van der Waals surface area contributed by atoms with Crippen molar-refractivity contribution in [1.82, 2.24) is 9.78 Å². The number of nitrogens with one attached hydrogen (secondary N) is 1. The van der Waals surface area contributed by atoms with Crippen molar-refractivity contribution in [3.63, 3.8) is 0 Å². The van der Waals surface area contributed by atoms with Gasteiger partial charge in [0.1, 0.15) is 0 Å². The van der Waals surface area contributed by atoms with Gasteiger partial charge in [-0.2, -0.15) is 5.10 Å². The third kappa shape index (κ3) is 4.03. The Balaban J connectivity index is 1.62. The number of para-hydroxylation sites is 1. The van der Waals surface area contributed by atoms with Gasteiger partial charge in [-0.1, -0.05) is 66.7 Å². The summed E-state index contributed by atoms with van der Waals surface area (Å²) in [7, 11) is 0. The number of aromatic nitrogens is 2. The zero-order valence-corrected chi connectivity index (χ0v) is 19.0. The number of fused-ring (bicyclic) bond motifs is 1. The fourth-order valence-electron chi connectivity index (χ4n) is 4.09. The standard InChI is InChI=1S/C29H25N3O/c1-19-12-13-20(2)25(16-19)30-29(33)26-18-28(32(31-26)27-11-7-4-8-21(27)3)24-15-14-22-9-5-6-10-23(22)17-24/h4-18H,1-3H3,(H,30,33). The van der Waals surface area contributed by atoms with Gasteiger partial charge in [0.05, 0.1) is 11.4 Å². The number of hydrogen-bond donors (Lipinski definition) is 1. The number of nitrogens with zero attached hydrogens (tertiary/aromatic N) is 2. The average Bonchev–Trinajstić information content (AvgIpc) is 3.27. The van der Waals surface area contributed by atoms with Crippen molar-refractivity contribution in [1.29, 1.82) is 0 Å². The number of rotatable bonds is 4. The molecule has 162 valence electrons. The van der Waals surface area contributed by atoms with Crippen LogP contribution >= 0.6 is 0 Å². The first-order chi connectivity index (χ1) is 16.0. The molecule has 1 N–H and O–H groups in total. The van der Waals surface area contributed by atoms with E-state index in [1.54, 1.807) is 0 Å². The summed E-state index contributed by atoms with van der Waals surface area (Å²) in [6.07, 6.45) is 0. The topological polar surface area (TPSA) is 46.9 Å². The van der Waals surface area contributed by atoms with Gasteiger partial charge in [0.25, 0.3) is 5.91 Å². The van der Waals surface area contributed by atoms with Crippen molar-refractivity contribution < 1.29 is 4.79 Å². The van der Waals surface area contributed by atoms with E-state index in [-0.39, 0.29) is 5.91 Å². The van der Waals surface area contributed by atoms with Gasteiger partial charge < -0.3 is 5.32 Å². The maximum Gasteiger partial charge on any atom is 0.276 e. The Hall–Kier alpha value is -4.18. The summed E-state index contributed by atoms with van der Waals surface area (Å²) in [5.41, 5.74) is 7.22. The fraction of sp³-hybridized carbons (Fsp3) is 0.103. The van der Waals surface area contributed by atoms with E-state index in [1.165, 1.54) is 5.39 Å². The Bertz CT molecular complexity index is 1500. The van der Waals surface area contributed by atoms with Crippen LogP contribution in [0.1, 0.15) is 27.2 Å². The zero-order chi connectivity index (χ0) is 22.9. The van der Waals surface area contributed by atoms with Crippen LogP contribution in [0.5, 0.6) is 0 Å². The summed E-state index contributed by atoms with van der Waals surface area (Å²) in [6, 6.07) is 30.6. The quantitative estimate of drug-likeness (QED) is 0.337. The molecule has 0 unspecified atom stereocenters. The first kappa shape index (κ1) is 20.7. The maximum absolute atomic E-state index is 13.2. The molecule has 1 amide bonds. The molecule has 0 saturated carbocycles. The van der Waals surface area contributed by atoms with Crippen LogP contribution in [0, 0.1) is 20.8 Å². The Labute approximate surface area is 193 Å². The van der Waals surface area contributed by atoms with Crippen LogP contribution in [0.4, 0.5) is 5.69 Å². The normalized spacial score (nSPS) is 11.0.